The Morgan fingerprint density at radius 3 is 2.68 bits per heavy atom. The third-order valence-corrected chi connectivity index (χ3v) is 4.34. The number of hydrogen-bond acceptors (Lipinski definition) is 3. The molecule has 0 unspecified atom stereocenters. The number of benzene rings is 1. The second-order valence-corrected chi connectivity index (χ2v) is 5.78. The van der Waals surface area contributed by atoms with Crippen molar-refractivity contribution in [1.82, 2.24) is 0 Å². The lowest BCUT2D eigenvalue weighted by atomic mass is 9.66. The molecule has 19 heavy (non-hydrogen) atoms. The average molecular weight is 279 g/mol. The standard InChI is InChI=1S/C14H17NO3S/c1-19-11-5-2-4-10(8-11)15-12(16)9-14(13(17)18)6-3-7-14/h2,4-5,8H,3,6-7,9H2,1H3,(H,15,16)(H,17,18). The van der Waals surface area contributed by atoms with E-state index in [0.29, 0.717) is 12.8 Å². The van der Waals surface area contributed by atoms with Crippen LogP contribution in [-0.2, 0) is 9.59 Å². The zero-order chi connectivity index (χ0) is 13.9. The van der Waals surface area contributed by atoms with Crippen LogP contribution in [0.2, 0.25) is 0 Å². The van der Waals surface area contributed by atoms with Crippen LogP contribution in [0.1, 0.15) is 25.7 Å². The van der Waals surface area contributed by atoms with E-state index in [-0.39, 0.29) is 12.3 Å². The molecule has 0 bridgehead atoms. The first kappa shape index (κ1) is 13.9. The normalized spacial score (nSPS) is 16.5. The Morgan fingerprint density at radius 2 is 2.16 bits per heavy atom. The summed E-state index contributed by atoms with van der Waals surface area (Å²) in [7, 11) is 0. The van der Waals surface area contributed by atoms with Gasteiger partial charge in [0.05, 0.1) is 5.41 Å². The molecule has 0 atom stereocenters. The number of carboxylic acids is 1. The fraction of sp³-hybridized carbons (Fsp3) is 0.429. The monoisotopic (exact) mass is 279 g/mol. The van der Waals surface area contributed by atoms with Gasteiger partial charge in [-0.2, -0.15) is 0 Å². The van der Waals surface area contributed by atoms with Gasteiger partial charge < -0.3 is 10.4 Å². The summed E-state index contributed by atoms with van der Waals surface area (Å²) >= 11 is 1.60. The molecule has 1 saturated carbocycles. The van der Waals surface area contributed by atoms with E-state index in [1.165, 1.54) is 0 Å². The minimum atomic E-state index is -0.855. The molecule has 1 aliphatic carbocycles. The third kappa shape index (κ3) is 3.10. The first-order valence-electron chi connectivity index (χ1n) is 6.23. The van der Waals surface area contributed by atoms with Crippen molar-refractivity contribution >= 4 is 29.3 Å². The van der Waals surface area contributed by atoms with E-state index in [1.807, 2.05) is 30.5 Å². The predicted octanol–water partition coefficient (Wildman–Crippen LogP) is 2.99. The molecular formula is C14H17NO3S. The highest BCUT2D eigenvalue weighted by Gasteiger charge is 2.45. The van der Waals surface area contributed by atoms with Crippen molar-refractivity contribution in [3.8, 4) is 0 Å². The fourth-order valence-corrected chi connectivity index (χ4v) is 2.74. The van der Waals surface area contributed by atoms with Gasteiger partial charge in [-0.15, -0.1) is 11.8 Å². The number of hydrogen-bond donors (Lipinski definition) is 2. The van der Waals surface area contributed by atoms with Crippen molar-refractivity contribution < 1.29 is 14.7 Å². The average Bonchev–Trinajstić information content (AvgIpc) is 2.33. The van der Waals surface area contributed by atoms with Crippen LogP contribution >= 0.6 is 11.8 Å². The smallest absolute Gasteiger partial charge is 0.310 e. The SMILES string of the molecule is CSc1cccc(NC(=O)CC2(C(=O)O)CCC2)c1. The summed E-state index contributed by atoms with van der Waals surface area (Å²) in [4.78, 5) is 24.2. The van der Waals surface area contributed by atoms with Crippen LogP contribution in [0.4, 0.5) is 5.69 Å². The summed E-state index contributed by atoms with van der Waals surface area (Å²) in [5.74, 6) is -1.08. The molecule has 0 saturated heterocycles. The van der Waals surface area contributed by atoms with Crippen molar-refractivity contribution in [2.24, 2.45) is 5.41 Å². The van der Waals surface area contributed by atoms with Gasteiger partial charge in [0.2, 0.25) is 5.91 Å². The number of carbonyl (C=O) groups is 2. The first-order valence-corrected chi connectivity index (χ1v) is 7.45. The van der Waals surface area contributed by atoms with Gasteiger partial charge >= 0.3 is 5.97 Å². The van der Waals surface area contributed by atoms with Crippen LogP contribution in [-0.4, -0.2) is 23.2 Å². The fourth-order valence-electron chi connectivity index (χ4n) is 2.28. The molecule has 1 amide bonds. The number of aliphatic carboxylic acids is 1. The molecule has 0 aromatic heterocycles. The van der Waals surface area contributed by atoms with Crippen LogP contribution in [0.15, 0.2) is 29.2 Å². The maximum absolute atomic E-state index is 11.9. The van der Waals surface area contributed by atoms with E-state index in [4.69, 9.17) is 0 Å². The molecule has 2 rings (SSSR count). The quantitative estimate of drug-likeness (QED) is 0.813. The van der Waals surface area contributed by atoms with Crippen molar-refractivity contribution in [1.29, 1.82) is 0 Å². The molecule has 1 aromatic rings. The molecular weight excluding hydrogens is 262 g/mol. The minimum absolute atomic E-state index is 0.0613. The predicted molar refractivity (Wildman–Crippen MR) is 75.4 cm³/mol. The highest BCUT2D eigenvalue weighted by molar-refractivity contribution is 7.98. The second kappa shape index (κ2) is 5.65. The summed E-state index contributed by atoms with van der Waals surface area (Å²) in [6.07, 6.45) is 4.11. The molecule has 102 valence electrons. The van der Waals surface area contributed by atoms with Gasteiger partial charge in [0.25, 0.3) is 0 Å². The zero-order valence-electron chi connectivity index (χ0n) is 10.8. The van der Waals surface area contributed by atoms with Crippen LogP contribution in [0.3, 0.4) is 0 Å². The van der Waals surface area contributed by atoms with E-state index < -0.39 is 11.4 Å². The maximum atomic E-state index is 11.9. The van der Waals surface area contributed by atoms with E-state index in [0.717, 1.165) is 17.0 Å². The molecule has 2 N–H and O–H groups in total. The Bertz CT molecular complexity index is 497. The molecule has 5 heteroatoms. The lowest BCUT2D eigenvalue weighted by Crippen LogP contribution is -2.41. The molecule has 0 heterocycles. The van der Waals surface area contributed by atoms with Crippen LogP contribution in [0.5, 0.6) is 0 Å². The topological polar surface area (TPSA) is 66.4 Å². The van der Waals surface area contributed by atoms with Gasteiger partial charge in [-0.05, 0) is 37.3 Å². The summed E-state index contributed by atoms with van der Waals surface area (Å²) in [6, 6.07) is 7.53. The van der Waals surface area contributed by atoms with Crippen LogP contribution in [0, 0.1) is 5.41 Å². The zero-order valence-corrected chi connectivity index (χ0v) is 11.6. The van der Waals surface area contributed by atoms with E-state index in [9.17, 15) is 14.7 Å². The Morgan fingerprint density at radius 1 is 1.42 bits per heavy atom. The van der Waals surface area contributed by atoms with E-state index in [1.54, 1.807) is 11.8 Å². The molecule has 1 aliphatic rings. The van der Waals surface area contributed by atoms with Gasteiger partial charge in [0.15, 0.2) is 0 Å². The van der Waals surface area contributed by atoms with Crippen molar-refractivity contribution in [3.05, 3.63) is 24.3 Å². The Kier molecular flexibility index (Phi) is 4.14. The minimum Gasteiger partial charge on any atom is -0.481 e. The lowest BCUT2D eigenvalue weighted by Gasteiger charge is -2.36. The summed E-state index contributed by atoms with van der Waals surface area (Å²) < 4.78 is 0. The van der Waals surface area contributed by atoms with Gasteiger partial charge in [-0.25, -0.2) is 0 Å². The summed E-state index contributed by atoms with van der Waals surface area (Å²) in [5.41, 5.74) is -0.113. The number of carbonyl (C=O) groups excluding carboxylic acids is 1. The number of amides is 1. The number of anilines is 1. The van der Waals surface area contributed by atoms with Gasteiger partial charge in [0, 0.05) is 17.0 Å². The summed E-state index contributed by atoms with van der Waals surface area (Å²) in [5, 5.41) is 12.0. The molecule has 0 spiro atoms. The lowest BCUT2D eigenvalue weighted by molar-refractivity contribution is -0.157. The van der Waals surface area contributed by atoms with E-state index >= 15 is 0 Å². The highest BCUT2D eigenvalue weighted by atomic mass is 32.2. The van der Waals surface area contributed by atoms with Crippen molar-refractivity contribution in [2.45, 2.75) is 30.6 Å². The van der Waals surface area contributed by atoms with E-state index in [2.05, 4.69) is 5.32 Å². The van der Waals surface area contributed by atoms with Crippen LogP contribution in [0.25, 0.3) is 0 Å². The van der Waals surface area contributed by atoms with Gasteiger partial charge in [0.1, 0.15) is 0 Å². The number of nitrogens with one attached hydrogen (secondary N) is 1. The highest BCUT2D eigenvalue weighted by Crippen LogP contribution is 2.44. The van der Waals surface area contributed by atoms with Gasteiger partial charge in [-0.3, -0.25) is 9.59 Å². The molecule has 1 fully saturated rings. The number of thioether (sulfide) groups is 1. The first-order chi connectivity index (χ1) is 9.05. The molecule has 0 radical (unpaired) electrons. The van der Waals surface area contributed by atoms with Crippen molar-refractivity contribution in [3.63, 3.8) is 0 Å². The third-order valence-electron chi connectivity index (χ3n) is 3.62. The molecule has 4 nitrogen and oxygen atoms in total. The second-order valence-electron chi connectivity index (χ2n) is 4.90. The van der Waals surface area contributed by atoms with Crippen molar-refractivity contribution in [2.75, 3.05) is 11.6 Å². The molecule has 1 aromatic carbocycles. The largest absolute Gasteiger partial charge is 0.481 e. The maximum Gasteiger partial charge on any atom is 0.310 e. The summed E-state index contributed by atoms with van der Waals surface area (Å²) in [6.45, 7) is 0. The number of rotatable bonds is 5. The Labute approximate surface area is 116 Å². The Hall–Kier alpha value is -1.49. The molecule has 0 aliphatic heterocycles. The van der Waals surface area contributed by atoms with Gasteiger partial charge in [-0.1, -0.05) is 12.5 Å². The Balaban J connectivity index is 1.99. The number of carboxylic acid groups (broad SMARTS) is 1. The van der Waals surface area contributed by atoms with Crippen LogP contribution < -0.4 is 5.32 Å².